The van der Waals surface area contributed by atoms with Crippen LogP contribution in [0.3, 0.4) is 0 Å². The summed E-state index contributed by atoms with van der Waals surface area (Å²) in [6.45, 7) is 6.33. The number of benzene rings is 1. The van der Waals surface area contributed by atoms with Crippen LogP contribution in [0.1, 0.15) is 35.3 Å². The smallest absolute Gasteiger partial charge is 0.228 e. The maximum atomic E-state index is 5.26. The molecule has 1 N–H and O–H groups in total. The Morgan fingerprint density at radius 1 is 1.26 bits per heavy atom. The maximum absolute atomic E-state index is 5.26. The van der Waals surface area contributed by atoms with Gasteiger partial charge in [-0.1, -0.05) is 23.4 Å². The number of rotatable bonds is 5. The molecule has 4 nitrogen and oxygen atoms in total. The number of hydrogen-bond donors (Lipinski definition) is 1. The summed E-state index contributed by atoms with van der Waals surface area (Å²) in [6, 6.07) is 6.78. The van der Waals surface area contributed by atoms with Crippen molar-refractivity contribution in [1.82, 2.24) is 15.5 Å². The highest BCUT2D eigenvalue weighted by Gasteiger charge is 2.10. The van der Waals surface area contributed by atoms with Gasteiger partial charge in [0.15, 0.2) is 5.82 Å². The fourth-order valence-corrected chi connectivity index (χ4v) is 1.90. The number of nitrogens with zero attached hydrogens (tertiary/aromatic N) is 2. The van der Waals surface area contributed by atoms with Crippen LogP contribution in [-0.4, -0.2) is 23.2 Å². The van der Waals surface area contributed by atoms with Gasteiger partial charge in [-0.05, 0) is 44.5 Å². The first kappa shape index (κ1) is 13.7. The van der Waals surface area contributed by atoms with Crippen molar-refractivity contribution in [3.05, 3.63) is 46.6 Å². The fourth-order valence-electron chi connectivity index (χ4n) is 1.90. The third kappa shape index (κ3) is 3.64. The number of aryl methyl sites for hydroxylation is 2. The first-order valence-electron chi connectivity index (χ1n) is 6.63. The van der Waals surface area contributed by atoms with Gasteiger partial charge >= 0.3 is 0 Å². The Bertz CT molecular complexity index is 548. The van der Waals surface area contributed by atoms with Gasteiger partial charge in [0.1, 0.15) is 0 Å². The molecule has 1 aromatic heterocycles. The van der Waals surface area contributed by atoms with Gasteiger partial charge in [0.05, 0.1) is 0 Å². The second-order valence-corrected chi connectivity index (χ2v) is 5.09. The van der Waals surface area contributed by atoms with E-state index in [4.69, 9.17) is 4.52 Å². The normalized spacial score (nSPS) is 12.6. The summed E-state index contributed by atoms with van der Waals surface area (Å²) in [6.07, 6.45) is 1.48. The highest BCUT2D eigenvalue weighted by Crippen LogP contribution is 2.13. The molecule has 0 bridgehead atoms. The zero-order valence-corrected chi connectivity index (χ0v) is 12.0. The van der Waals surface area contributed by atoms with Crippen molar-refractivity contribution in [3.63, 3.8) is 0 Å². The van der Waals surface area contributed by atoms with Gasteiger partial charge in [0, 0.05) is 18.9 Å². The molecular weight excluding hydrogens is 238 g/mol. The van der Waals surface area contributed by atoms with Crippen molar-refractivity contribution in [2.24, 2.45) is 0 Å². The van der Waals surface area contributed by atoms with Crippen molar-refractivity contribution < 1.29 is 4.52 Å². The lowest BCUT2D eigenvalue weighted by molar-refractivity contribution is 0.361. The zero-order chi connectivity index (χ0) is 13.8. The molecule has 1 aromatic carbocycles. The molecule has 0 amide bonds. The summed E-state index contributed by atoms with van der Waals surface area (Å²) in [5.41, 5.74) is 3.82. The van der Waals surface area contributed by atoms with Crippen LogP contribution in [-0.2, 0) is 12.8 Å². The Hall–Kier alpha value is -1.68. The van der Waals surface area contributed by atoms with Crippen molar-refractivity contribution >= 4 is 0 Å². The summed E-state index contributed by atoms with van der Waals surface area (Å²) in [5, 5.41) is 7.20. The minimum absolute atomic E-state index is 0.343. The van der Waals surface area contributed by atoms with E-state index in [-0.39, 0.29) is 0 Å². The predicted octanol–water partition coefficient (Wildman–Crippen LogP) is 2.43. The molecule has 1 unspecified atom stereocenters. The van der Waals surface area contributed by atoms with Crippen molar-refractivity contribution in [3.8, 4) is 0 Å². The van der Waals surface area contributed by atoms with Crippen molar-refractivity contribution in [1.29, 1.82) is 0 Å². The summed E-state index contributed by atoms with van der Waals surface area (Å²) in [7, 11) is 1.93. The van der Waals surface area contributed by atoms with Crippen LogP contribution in [0.25, 0.3) is 0 Å². The molecule has 0 fully saturated rings. The lowest BCUT2D eigenvalue weighted by atomic mass is 10.0. The topological polar surface area (TPSA) is 51.0 Å². The molecule has 1 atom stereocenters. The summed E-state index contributed by atoms with van der Waals surface area (Å²) < 4.78 is 5.26. The number of likely N-dealkylation sites (N-methyl/N-ethyl adjacent to an activating group) is 1. The molecule has 4 heteroatoms. The summed E-state index contributed by atoms with van der Waals surface area (Å²) in [5.74, 6) is 1.45. The molecule has 0 spiro atoms. The van der Waals surface area contributed by atoms with Gasteiger partial charge in [-0.25, -0.2) is 0 Å². The molecule has 2 rings (SSSR count). The standard InChI is InChI=1S/C15H21N3O/c1-10-5-6-13(7-11(10)2)9-14-17-15(19-18-14)8-12(3)16-4/h5-7,12,16H,8-9H2,1-4H3. The fraction of sp³-hybridized carbons (Fsp3) is 0.467. The third-order valence-corrected chi connectivity index (χ3v) is 3.42. The average Bonchev–Trinajstić information content (AvgIpc) is 2.81. The van der Waals surface area contributed by atoms with Gasteiger partial charge in [0.25, 0.3) is 0 Å². The summed E-state index contributed by atoms with van der Waals surface area (Å²) >= 11 is 0. The Kier molecular flexibility index (Phi) is 4.32. The molecule has 0 saturated carbocycles. The SMILES string of the molecule is CNC(C)Cc1nc(Cc2ccc(C)c(C)c2)no1. The van der Waals surface area contributed by atoms with Crippen LogP contribution < -0.4 is 5.32 Å². The molecule has 0 radical (unpaired) electrons. The van der Waals surface area contributed by atoms with Crippen LogP contribution in [0.2, 0.25) is 0 Å². The number of aromatic nitrogens is 2. The summed E-state index contributed by atoms with van der Waals surface area (Å²) in [4.78, 5) is 4.43. The van der Waals surface area contributed by atoms with Gasteiger partial charge in [-0.2, -0.15) is 4.98 Å². The molecular formula is C15H21N3O. The Labute approximate surface area is 114 Å². The van der Waals surface area contributed by atoms with Gasteiger partial charge in [0.2, 0.25) is 5.89 Å². The zero-order valence-electron chi connectivity index (χ0n) is 12.0. The highest BCUT2D eigenvalue weighted by molar-refractivity contribution is 5.31. The predicted molar refractivity (Wildman–Crippen MR) is 75.2 cm³/mol. The van der Waals surface area contributed by atoms with Gasteiger partial charge in [-0.15, -0.1) is 0 Å². The Balaban J connectivity index is 2.05. The van der Waals surface area contributed by atoms with Crippen LogP contribution in [0.4, 0.5) is 0 Å². The molecule has 0 aliphatic rings. The molecule has 0 aliphatic heterocycles. The average molecular weight is 259 g/mol. The minimum Gasteiger partial charge on any atom is -0.339 e. The quantitative estimate of drug-likeness (QED) is 0.896. The lowest BCUT2D eigenvalue weighted by Crippen LogP contribution is -2.23. The van der Waals surface area contributed by atoms with Gasteiger partial charge < -0.3 is 9.84 Å². The minimum atomic E-state index is 0.343. The van der Waals surface area contributed by atoms with E-state index in [1.54, 1.807) is 0 Å². The van der Waals surface area contributed by atoms with Crippen LogP contribution in [0.5, 0.6) is 0 Å². The first-order chi connectivity index (χ1) is 9.08. The maximum Gasteiger partial charge on any atom is 0.228 e. The van der Waals surface area contributed by atoms with E-state index in [0.29, 0.717) is 11.9 Å². The van der Waals surface area contributed by atoms with E-state index < -0.39 is 0 Å². The van der Waals surface area contributed by atoms with E-state index in [0.717, 1.165) is 18.7 Å². The highest BCUT2D eigenvalue weighted by atomic mass is 16.5. The largest absolute Gasteiger partial charge is 0.339 e. The molecule has 0 aliphatic carbocycles. The molecule has 2 aromatic rings. The lowest BCUT2D eigenvalue weighted by Gasteiger charge is -2.04. The number of hydrogen-bond acceptors (Lipinski definition) is 4. The second-order valence-electron chi connectivity index (χ2n) is 5.09. The van der Waals surface area contributed by atoms with E-state index >= 15 is 0 Å². The molecule has 19 heavy (non-hydrogen) atoms. The molecule has 102 valence electrons. The monoisotopic (exact) mass is 259 g/mol. The first-order valence-corrected chi connectivity index (χ1v) is 6.63. The third-order valence-electron chi connectivity index (χ3n) is 3.42. The van der Waals surface area contributed by atoms with Crippen LogP contribution in [0.15, 0.2) is 22.7 Å². The molecule has 1 heterocycles. The number of nitrogens with one attached hydrogen (secondary N) is 1. The molecule has 0 saturated heterocycles. The van der Waals surface area contributed by atoms with Crippen LogP contribution in [0, 0.1) is 13.8 Å². The van der Waals surface area contributed by atoms with E-state index in [9.17, 15) is 0 Å². The van der Waals surface area contributed by atoms with Crippen molar-refractivity contribution in [2.75, 3.05) is 7.05 Å². The van der Waals surface area contributed by atoms with Gasteiger partial charge in [-0.3, -0.25) is 0 Å². The van der Waals surface area contributed by atoms with E-state index in [2.05, 4.69) is 54.4 Å². The second kappa shape index (κ2) is 5.97. The van der Waals surface area contributed by atoms with Crippen LogP contribution >= 0.6 is 0 Å². The van der Waals surface area contributed by atoms with E-state index in [1.807, 2.05) is 7.05 Å². The Morgan fingerprint density at radius 3 is 2.74 bits per heavy atom. The van der Waals surface area contributed by atoms with E-state index in [1.165, 1.54) is 16.7 Å². The van der Waals surface area contributed by atoms with Crippen molar-refractivity contribution in [2.45, 2.75) is 39.7 Å². The Morgan fingerprint density at radius 2 is 2.05 bits per heavy atom.